The van der Waals surface area contributed by atoms with Crippen molar-refractivity contribution in [1.82, 2.24) is 4.90 Å². The molecule has 1 amide bonds. The first kappa shape index (κ1) is 11.7. The summed E-state index contributed by atoms with van der Waals surface area (Å²) in [6.07, 6.45) is 0. The molecule has 1 unspecified atom stereocenters. The Labute approximate surface area is 88.1 Å². The van der Waals surface area contributed by atoms with Gasteiger partial charge in [-0.15, -0.1) is 0 Å². The van der Waals surface area contributed by atoms with Crippen LogP contribution in [-0.2, 0) is 0 Å². The molecule has 4 heteroatoms. The average Bonchev–Trinajstić information content (AvgIpc) is 2.26. The van der Waals surface area contributed by atoms with Crippen LogP contribution in [0.2, 0.25) is 0 Å². The van der Waals surface area contributed by atoms with Gasteiger partial charge in [0.25, 0.3) is 5.91 Å². The Morgan fingerprint density at radius 3 is 2.67 bits per heavy atom. The Bertz CT molecular complexity index is 354. The molecule has 3 nitrogen and oxygen atoms in total. The number of hydrogen-bond acceptors (Lipinski definition) is 2. The number of halogens is 1. The minimum absolute atomic E-state index is 0.0281. The summed E-state index contributed by atoms with van der Waals surface area (Å²) in [4.78, 5) is 13.1. The van der Waals surface area contributed by atoms with Gasteiger partial charge in [0.05, 0.1) is 18.2 Å². The first-order valence-electron chi connectivity index (χ1n) is 4.70. The molecule has 0 radical (unpaired) electrons. The molecule has 1 N–H and O–H groups in total. The number of likely N-dealkylation sites (N-methyl/N-ethyl adjacent to an activating group) is 1. The molecule has 1 aromatic carbocycles. The molecule has 1 aromatic rings. The second-order valence-electron chi connectivity index (χ2n) is 3.43. The third-order valence-electron chi connectivity index (χ3n) is 2.35. The fourth-order valence-electron chi connectivity index (χ4n) is 1.15. The van der Waals surface area contributed by atoms with Crippen molar-refractivity contribution in [3.63, 3.8) is 0 Å². The molecule has 0 saturated carbocycles. The highest BCUT2D eigenvalue weighted by Gasteiger charge is 2.19. The van der Waals surface area contributed by atoms with E-state index in [1.165, 1.54) is 30.1 Å². The van der Waals surface area contributed by atoms with Gasteiger partial charge in [-0.25, -0.2) is 4.39 Å². The Hall–Kier alpha value is -1.42. The second kappa shape index (κ2) is 4.89. The molecule has 0 aliphatic rings. The summed E-state index contributed by atoms with van der Waals surface area (Å²) < 4.78 is 13.3. The maximum Gasteiger partial charge on any atom is 0.256 e. The van der Waals surface area contributed by atoms with Gasteiger partial charge in [0.2, 0.25) is 0 Å². The maximum atomic E-state index is 13.3. The molecular formula is C11H14FNO2. The first-order chi connectivity index (χ1) is 7.07. The fraction of sp³-hybridized carbons (Fsp3) is 0.364. The molecule has 82 valence electrons. The molecular weight excluding hydrogens is 197 g/mol. The molecule has 15 heavy (non-hydrogen) atoms. The lowest BCUT2D eigenvalue weighted by Crippen LogP contribution is -2.37. The maximum absolute atomic E-state index is 13.3. The van der Waals surface area contributed by atoms with E-state index in [0.29, 0.717) is 0 Å². The van der Waals surface area contributed by atoms with Crippen molar-refractivity contribution in [1.29, 1.82) is 0 Å². The van der Waals surface area contributed by atoms with Crippen LogP contribution in [0.5, 0.6) is 0 Å². The molecule has 0 aliphatic carbocycles. The van der Waals surface area contributed by atoms with Gasteiger partial charge in [0.1, 0.15) is 5.82 Å². The lowest BCUT2D eigenvalue weighted by atomic mass is 10.1. The number of aliphatic hydroxyl groups is 1. The normalized spacial score (nSPS) is 12.3. The van der Waals surface area contributed by atoms with E-state index >= 15 is 0 Å². The highest BCUT2D eigenvalue weighted by molar-refractivity contribution is 5.94. The van der Waals surface area contributed by atoms with Crippen molar-refractivity contribution in [2.45, 2.75) is 13.0 Å². The van der Waals surface area contributed by atoms with Gasteiger partial charge in [0, 0.05) is 7.05 Å². The number of nitrogens with zero attached hydrogens (tertiary/aromatic N) is 1. The molecule has 0 aliphatic heterocycles. The zero-order chi connectivity index (χ0) is 11.4. The highest BCUT2D eigenvalue weighted by Crippen LogP contribution is 2.10. The number of carbonyl (C=O) groups excluding carboxylic acids is 1. The zero-order valence-electron chi connectivity index (χ0n) is 8.77. The van der Waals surface area contributed by atoms with Gasteiger partial charge in [-0.05, 0) is 19.1 Å². The minimum Gasteiger partial charge on any atom is -0.394 e. The summed E-state index contributed by atoms with van der Waals surface area (Å²) in [5.41, 5.74) is 0.0281. The summed E-state index contributed by atoms with van der Waals surface area (Å²) in [6, 6.07) is 5.48. The SMILES string of the molecule is CC(CO)N(C)C(=O)c1ccccc1F. The Morgan fingerprint density at radius 1 is 1.53 bits per heavy atom. The molecule has 1 atom stereocenters. The number of hydrogen-bond donors (Lipinski definition) is 1. The van der Waals surface area contributed by atoms with E-state index in [2.05, 4.69) is 0 Å². The monoisotopic (exact) mass is 211 g/mol. The van der Waals surface area contributed by atoms with Crippen molar-refractivity contribution < 1.29 is 14.3 Å². The van der Waals surface area contributed by atoms with Crippen LogP contribution in [0.25, 0.3) is 0 Å². The van der Waals surface area contributed by atoms with Crippen LogP contribution in [0.3, 0.4) is 0 Å². The van der Waals surface area contributed by atoms with Crippen LogP contribution >= 0.6 is 0 Å². The number of benzene rings is 1. The highest BCUT2D eigenvalue weighted by atomic mass is 19.1. The van der Waals surface area contributed by atoms with Gasteiger partial charge in [-0.2, -0.15) is 0 Å². The number of aliphatic hydroxyl groups excluding tert-OH is 1. The Kier molecular flexibility index (Phi) is 3.80. The summed E-state index contributed by atoms with van der Waals surface area (Å²) in [7, 11) is 1.54. The van der Waals surface area contributed by atoms with Crippen molar-refractivity contribution in [2.75, 3.05) is 13.7 Å². The van der Waals surface area contributed by atoms with E-state index in [1.54, 1.807) is 13.0 Å². The lowest BCUT2D eigenvalue weighted by Gasteiger charge is -2.23. The van der Waals surface area contributed by atoms with Gasteiger partial charge in [-0.3, -0.25) is 4.79 Å². The molecule has 0 aromatic heterocycles. The van der Waals surface area contributed by atoms with E-state index < -0.39 is 11.7 Å². The van der Waals surface area contributed by atoms with Crippen LogP contribution in [0.15, 0.2) is 24.3 Å². The quantitative estimate of drug-likeness (QED) is 0.818. The lowest BCUT2D eigenvalue weighted by molar-refractivity contribution is 0.0677. The van der Waals surface area contributed by atoms with Crippen molar-refractivity contribution in [3.05, 3.63) is 35.6 Å². The van der Waals surface area contributed by atoms with E-state index in [4.69, 9.17) is 5.11 Å². The van der Waals surface area contributed by atoms with Crippen LogP contribution in [0.1, 0.15) is 17.3 Å². The van der Waals surface area contributed by atoms with Gasteiger partial charge in [0.15, 0.2) is 0 Å². The molecule has 0 spiro atoms. The third kappa shape index (κ3) is 2.53. The van der Waals surface area contributed by atoms with E-state index in [0.717, 1.165) is 0 Å². The largest absolute Gasteiger partial charge is 0.394 e. The summed E-state index contributed by atoms with van der Waals surface area (Å²) >= 11 is 0. The topological polar surface area (TPSA) is 40.5 Å². The standard InChI is InChI=1S/C11H14FNO2/c1-8(7-14)13(2)11(15)9-5-3-4-6-10(9)12/h3-6,8,14H,7H2,1-2H3. The van der Waals surface area contributed by atoms with Crippen molar-refractivity contribution in [2.24, 2.45) is 0 Å². The van der Waals surface area contributed by atoms with Crippen LogP contribution < -0.4 is 0 Å². The molecule has 0 heterocycles. The van der Waals surface area contributed by atoms with Crippen LogP contribution in [-0.4, -0.2) is 35.6 Å². The predicted molar refractivity (Wildman–Crippen MR) is 55.0 cm³/mol. The van der Waals surface area contributed by atoms with Crippen LogP contribution in [0.4, 0.5) is 4.39 Å². The number of carbonyl (C=O) groups is 1. The molecule has 1 rings (SSSR count). The van der Waals surface area contributed by atoms with Gasteiger partial charge < -0.3 is 10.0 Å². The van der Waals surface area contributed by atoms with Crippen LogP contribution in [0, 0.1) is 5.82 Å². The Morgan fingerprint density at radius 2 is 2.13 bits per heavy atom. The first-order valence-corrected chi connectivity index (χ1v) is 4.70. The third-order valence-corrected chi connectivity index (χ3v) is 2.35. The second-order valence-corrected chi connectivity index (χ2v) is 3.43. The zero-order valence-corrected chi connectivity index (χ0v) is 8.77. The summed E-state index contributed by atoms with van der Waals surface area (Å²) in [5, 5.41) is 8.88. The predicted octanol–water partition coefficient (Wildman–Crippen LogP) is 1.28. The van der Waals surface area contributed by atoms with E-state index in [-0.39, 0.29) is 18.2 Å². The van der Waals surface area contributed by atoms with Crippen molar-refractivity contribution >= 4 is 5.91 Å². The summed E-state index contributed by atoms with van der Waals surface area (Å²) in [6.45, 7) is 1.55. The van der Waals surface area contributed by atoms with Gasteiger partial charge in [-0.1, -0.05) is 12.1 Å². The number of amides is 1. The minimum atomic E-state index is -0.542. The van der Waals surface area contributed by atoms with E-state index in [1.807, 2.05) is 0 Å². The summed E-state index contributed by atoms with van der Waals surface area (Å²) in [5.74, 6) is -0.964. The van der Waals surface area contributed by atoms with E-state index in [9.17, 15) is 9.18 Å². The molecule has 0 bridgehead atoms. The van der Waals surface area contributed by atoms with Crippen molar-refractivity contribution in [3.8, 4) is 0 Å². The molecule has 0 saturated heterocycles. The number of rotatable bonds is 3. The molecule has 0 fully saturated rings. The average molecular weight is 211 g/mol. The Balaban J connectivity index is 2.90. The fourth-order valence-corrected chi connectivity index (χ4v) is 1.15. The van der Waals surface area contributed by atoms with Gasteiger partial charge >= 0.3 is 0 Å². The smallest absolute Gasteiger partial charge is 0.256 e.